The Bertz CT molecular complexity index is 882. The number of hydrogen-bond acceptors (Lipinski definition) is 4. The summed E-state index contributed by atoms with van der Waals surface area (Å²) in [6.07, 6.45) is 7.81. The lowest BCUT2D eigenvalue weighted by Crippen LogP contribution is -2.49. The average molecular weight is 407 g/mol. The van der Waals surface area contributed by atoms with Crippen LogP contribution in [0.5, 0.6) is 11.5 Å². The lowest BCUT2D eigenvalue weighted by molar-refractivity contribution is -0.192. The van der Waals surface area contributed by atoms with E-state index >= 15 is 0 Å². The molecule has 4 aliphatic rings. The molecule has 4 heteroatoms. The molecule has 2 saturated heterocycles. The van der Waals surface area contributed by atoms with Gasteiger partial charge >= 0.3 is 5.97 Å². The van der Waals surface area contributed by atoms with Crippen LogP contribution in [0, 0.1) is 17.3 Å². The molecule has 158 valence electrons. The molecule has 4 fully saturated rings. The fraction of sp³-hybridized carbons (Fsp3) is 0.500. The van der Waals surface area contributed by atoms with Crippen molar-refractivity contribution >= 4 is 5.97 Å². The third-order valence-electron chi connectivity index (χ3n) is 7.58. The third kappa shape index (κ3) is 3.74. The summed E-state index contributed by atoms with van der Waals surface area (Å²) in [7, 11) is 1.49. The molecule has 4 nitrogen and oxygen atoms in total. The van der Waals surface area contributed by atoms with Gasteiger partial charge in [0.1, 0.15) is 11.5 Å². The first kappa shape index (κ1) is 19.6. The second-order valence-corrected chi connectivity index (χ2v) is 9.39. The minimum Gasteiger partial charge on any atom is -0.469 e. The van der Waals surface area contributed by atoms with E-state index in [0.29, 0.717) is 11.3 Å². The topological polar surface area (TPSA) is 44.8 Å². The summed E-state index contributed by atoms with van der Waals surface area (Å²) in [6, 6.07) is 18.3. The van der Waals surface area contributed by atoms with Gasteiger partial charge in [0.05, 0.1) is 25.2 Å². The lowest BCUT2D eigenvalue weighted by Gasteiger charge is -2.53. The van der Waals surface area contributed by atoms with Gasteiger partial charge in [0.15, 0.2) is 0 Å². The van der Waals surface area contributed by atoms with Crippen LogP contribution in [0.3, 0.4) is 0 Å². The first-order valence-corrected chi connectivity index (χ1v) is 11.2. The maximum absolute atomic E-state index is 11.7. The number of ether oxygens (including phenoxy) is 3. The highest BCUT2D eigenvalue weighted by molar-refractivity contribution is 5.75. The van der Waals surface area contributed by atoms with Crippen LogP contribution < -0.4 is 4.74 Å². The molecular formula is C26H30O4. The molecule has 0 amide bonds. The van der Waals surface area contributed by atoms with Gasteiger partial charge in [0.2, 0.25) is 0 Å². The van der Waals surface area contributed by atoms with Crippen molar-refractivity contribution in [3.05, 3.63) is 60.2 Å². The van der Waals surface area contributed by atoms with Crippen LogP contribution in [0.4, 0.5) is 0 Å². The number of methoxy groups -OCH3 is 1. The Hall–Kier alpha value is -2.33. The summed E-state index contributed by atoms with van der Waals surface area (Å²) >= 11 is 0. The molecule has 2 saturated carbocycles. The maximum atomic E-state index is 11.7. The summed E-state index contributed by atoms with van der Waals surface area (Å²) in [4.78, 5) is 11.7. The van der Waals surface area contributed by atoms with Crippen molar-refractivity contribution in [1.82, 2.24) is 0 Å². The van der Waals surface area contributed by atoms with Gasteiger partial charge < -0.3 is 14.2 Å². The van der Waals surface area contributed by atoms with E-state index in [1.165, 1.54) is 31.9 Å². The molecule has 2 bridgehead atoms. The second-order valence-electron chi connectivity index (χ2n) is 9.39. The Kier molecular flexibility index (Phi) is 5.06. The Morgan fingerprint density at radius 2 is 1.80 bits per heavy atom. The molecule has 0 spiro atoms. The average Bonchev–Trinajstić information content (AvgIpc) is 3.59. The Labute approximate surface area is 178 Å². The molecule has 2 aromatic rings. The van der Waals surface area contributed by atoms with Crippen molar-refractivity contribution in [3.63, 3.8) is 0 Å². The number of hydrogen-bond donors (Lipinski definition) is 0. The number of carbonyl (C=O) groups is 1. The molecule has 0 aromatic heterocycles. The van der Waals surface area contributed by atoms with E-state index in [4.69, 9.17) is 14.2 Å². The Morgan fingerprint density at radius 1 is 1.03 bits per heavy atom. The highest BCUT2D eigenvalue weighted by Gasteiger charge is 2.52. The van der Waals surface area contributed by atoms with E-state index in [0.717, 1.165) is 43.8 Å². The van der Waals surface area contributed by atoms with Crippen molar-refractivity contribution in [1.29, 1.82) is 0 Å². The number of esters is 1. The largest absolute Gasteiger partial charge is 0.469 e. The number of benzene rings is 2. The van der Waals surface area contributed by atoms with Crippen molar-refractivity contribution < 1.29 is 19.0 Å². The van der Waals surface area contributed by atoms with Crippen LogP contribution in [-0.2, 0) is 19.9 Å². The predicted molar refractivity (Wildman–Crippen MR) is 114 cm³/mol. The molecule has 0 radical (unpaired) electrons. The van der Waals surface area contributed by atoms with Gasteiger partial charge in [-0.1, -0.05) is 30.3 Å². The van der Waals surface area contributed by atoms with Gasteiger partial charge in [-0.05, 0) is 86.1 Å². The molecule has 2 heterocycles. The molecule has 2 aliphatic carbocycles. The highest BCUT2D eigenvalue weighted by Crippen LogP contribution is 2.57. The van der Waals surface area contributed by atoms with Gasteiger partial charge in [-0.25, -0.2) is 0 Å². The maximum Gasteiger partial charge on any atom is 0.308 e. The summed E-state index contributed by atoms with van der Waals surface area (Å²) in [6.45, 7) is 0.826. The van der Waals surface area contributed by atoms with E-state index in [1.54, 1.807) is 0 Å². The van der Waals surface area contributed by atoms with E-state index < -0.39 is 0 Å². The zero-order valence-corrected chi connectivity index (χ0v) is 17.6. The fourth-order valence-electron chi connectivity index (χ4n) is 5.42. The van der Waals surface area contributed by atoms with Gasteiger partial charge in [-0.3, -0.25) is 4.79 Å². The number of rotatable bonds is 7. The van der Waals surface area contributed by atoms with Gasteiger partial charge in [0, 0.05) is 0 Å². The van der Waals surface area contributed by atoms with Crippen molar-refractivity contribution in [2.45, 2.75) is 50.5 Å². The fourth-order valence-corrected chi connectivity index (χ4v) is 5.42. The van der Waals surface area contributed by atoms with E-state index in [1.807, 2.05) is 36.4 Å². The van der Waals surface area contributed by atoms with Crippen LogP contribution in [0.1, 0.15) is 50.5 Å². The summed E-state index contributed by atoms with van der Waals surface area (Å²) < 4.78 is 17.5. The van der Waals surface area contributed by atoms with Crippen LogP contribution in [0.25, 0.3) is 0 Å². The molecule has 2 aliphatic heterocycles. The highest BCUT2D eigenvalue weighted by atomic mass is 16.5. The third-order valence-corrected chi connectivity index (χ3v) is 7.58. The molecule has 30 heavy (non-hydrogen) atoms. The lowest BCUT2D eigenvalue weighted by atomic mass is 9.62. The second kappa shape index (κ2) is 7.73. The van der Waals surface area contributed by atoms with Crippen LogP contribution >= 0.6 is 0 Å². The SMILES string of the molecule is COC(=O)C1CC1CC[C@]12CC[C@](c3cccc(Oc4ccccc4)c3)(CC1)OC2. The van der Waals surface area contributed by atoms with Crippen molar-refractivity contribution in [2.24, 2.45) is 17.3 Å². The van der Waals surface area contributed by atoms with Crippen molar-refractivity contribution in [3.8, 4) is 11.5 Å². The zero-order chi connectivity index (χ0) is 20.6. The normalized spacial score (nSPS) is 31.9. The smallest absolute Gasteiger partial charge is 0.308 e. The van der Waals surface area contributed by atoms with E-state index in [9.17, 15) is 4.79 Å². The Balaban J connectivity index is 1.22. The van der Waals surface area contributed by atoms with Gasteiger partial charge in [-0.2, -0.15) is 0 Å². The molecule has 6 rings (SSSR count). The molecule has 2 unspecified atom stereocenters. The zero-order valence-electron chi connectivity index (χ0n) is 17.6. The predicted octanol–water partition coefficient (Wildman–Crippen LogP) is 5.85. The molecule has 2 aromatic carbocycles. The van der Waals surface area contributed by atoms with Crippen molar-refractivity contribution in [2.75, 3.05) is 13.7 Å². The molecular weight excluding hydrogens is 376 g/mol. The van der Waals surface area contributed by atoms with Gasteiger partial charge in [0.25, 0.3) is 0 Å². The first-order chi connectivity index (χ1) is 14.6. The summed E-state index contributed by atoms with van der Waals surface area (Å²) in [5, 5.41) is 0. The number of fused-ring (bicyclic) bond motifs is 3. The monoisotopic (exact) mass is 406 g/mol. The molecule has 2 atom stereocenters. The summed E-state index contributed by atoms with van der Waals surface area (Å²) in [5.74, 6) is 2.35. The number of carbonyl (C=O) groups excluding carboxylic acids is 1. The first-order valence-electron chi connectivity index (χ1n) is 11.2. The quantitative estimate of drug-likeness (QED) is 0.541. The molecule has 0 N–H and O–H groups in total. The number of para-hydroxylation sites is 1. The summed E-state index contributed by atoms with van der Waals surface area (Å²) in [5.41, 5.74) is 1.35. The minimum atomic E-state index is -0.175. The van der Waals surface area contributed by atoms with Crippen LogP contribution in [0.2, 0.25) is 0 Å². The van der Waals surface area contributed by atoms with Gasteiger partial charge in [-0.15, -0.1) is 0 Å². The standard InChI is InChI=1S/C26H30O4/c1-28-24(27)23-16-19(23)10-11-25-12-14-26(15-13-25,29-18-25)20-6-5-9-22(17-20)30-21-7-3-2-4-8-21/h2-9,17,19,23H,10-16,18H2,1H3/t19?,23?,25-,26+. The Morgan fingerprint density at radius 3 is 2.50 bits per heavy atom. The van der Waals surface area contributed by atoms with E-state index in [2.05, 4.69) is 18.2 Å². The minimum absolute atomic E-state index is 0.0299. The van der Waals surface area contributed by atoms with Crippen LogP contribution in [0.15, 0.2) is 54.6 Å². The van der Waals surface area contributed by atoms with Crippen LogP contribution in [-0.4, -0.2) is 19.7 Å². The van der Waals surface area contributed by atoms with E-state index in [-0.39, 0.29) is 17.5 Å².